The minimum Gasteiger partial charge on any atom is -0.301 e. The number of aromatic nitrogens is 2. The van der Waals surface area contributed by atoms with Crippen molar-refractivity contribution in [1.82, 2.24) is 9.97 Å². The van der Waals surface area contributed by atoms with Gasteiger partial charge in [-0.05, 0) is 13.3 Å². The second-order valence-corrected chi connectivity index (χ2v) is 3.99. The molecule has 1 heterocycles. The minimum absolute atomic E-state index is 0.0333. The number of hydrogen-bond donors (Lipinski definition) is 1. The summed E-state index contributed by atoms with van der Waals surface area (Å²) in [5.74, 6) is 1.02. The van der Waals surface area contributed by atoms with Gasteiger partial charge >= 0.3 is 0 Å². The zero-order valence-electron chi connectivity index (χ0n) is 7.96. The molecule has 1 rings (SSSR count). The third-order valence-electron chi connectivity index (χ3n) is 1.69. The van der Waals surface area contributed by atoms with Crippen molar-refractivity contribution in [2.45, 2.75) is 31.8 Å². The SMILES string of the molecule is CCCCSc1ncc(C)c(=O)[nH]1. The lowest BCUT2D eigenvalue weighted by molar-refractivity contribution is 0.880. The molecule has 0 unspecified atom stereocenters. The van der Waals surface area contributed by atoms with E-state index in [9.17, 15) is 4.79 Å². The van der Waals surface area contributed by atoms with Crippen LogP contribution in [-0.4, -0.2) is 15.7 Å². The van der Waals surface area contributed by atoms with E-state index >= 15 is 0 Å². The van der Waals surface area contributed by atoms with Gasteiger partial charge in [0.2, 0.25) is 0 Å². The summed E-state index contributed by atoms with van der Waals surface area (Å²) in [5.41, 5.74) is 0.633. The smallest absolute Gasteiger partial charge is 0.254 e. The summed E-state index contributed by atoms with van der Waals surface area (Å²) in [6, 6.07) is 0. The van der Waals surface area contributed by atoms with Gasteiger partial charge in [-0.1, -0.05) is 25.1 Å². The summed E-state index contributed by atoms with van der Waals surface area (Å²) in [4.78, 5) is 18.0. The Morgan fingerprint density at radius 3 is 3.00 bits per heavy atom. The van der Waals surface area contributed by atoms with Gasteiger partial charge in [-0.3, -0.25) is 4.79 Å². The third kappa shape index (κ3) is 3.22. The molecule has 4 heteroatoms. The van der Waals surface area contributed by atoms with Crippen LogP contribution in [0.25, 0.3) is 0 Å². The maximum Gasteiger partial charge on any atom is 0.254 e. The highest BCUT2D eigenvalue weighted by atomic mass is 32.2. The van der Waals surface area contributed by atoms with Crippen LogP contribution in [0, 0.1) is 6.92 Å². The van der Waals surface area contributed by atoms with Gasteiger partial charge in [-0.15, -0.1) is 0 Å². The Morgan fingerprint density at radius 1 is 1.62 bits per heavy atom. The minimum atomic E-state index is -0.0333. The van der Waals surface area contributed by atoms with E-state index in [1.165, 1.54) is 6.42 Å². The number of nitrogens with one attached hydrogen (secondary N) is 1. The van der Waals surface area contributed by atoms with Gasteiger partial charge in [0.15, 0.2) is 5.16 Å². The normalized spacial score (nSPS) is 10.3. The molecule has 0 spiro atoms. The fraction of sp³-hybridized carbons (Fsp3) is 0.556. The molecular formula is C9H14N2OS. The second kappa shape index (κ2) is 5.07. The zero-order chi connectivity index (χ0) is 9.68. The molecule has 0 aliphatic rings. The maximum atomic E-state index is 11.2. The largest absolute Gasteiger partial charge is 0.301 e. The Balaban J connectivity index is 2.58. The second-order valence-electron chi connectivity index (χ2n) is 2.90. The van der Waals surface area contributed by atoms with Crippen LogP contribution in [0.15, 0.2) is 16.1 Å². The molecule has 1 N–H and O–H groups in total. The quantitative estimate of drug-likeness (QED) is 0.457. The number of nitrogens with zero attached hydrogens (tertiary/aromatic N) is 1. The highest BCUT2D eigenvalue weighted by Crippen LogP contribution is 2.12. The van der Waals surface area contributed by atoms with Crippen molar-refractivity contribution in [1.29, 1.82) is 0 Å². The molecule has 72 valence electrons. The molecule has 0 radical (unpaired) electrons. The fourth-order valence-corrected chi connectivity index (χ4v) is 1.75. The molecule has 0 aromatic carbocycles. The number of aromatic amines is 1. The monoisotopic (exact) mass is 198 g/mol. The number of aryl methyl sites for hydroxylation is 1. The van der Waals surface area contributed by atoms with Crippen molar-refractivity contribution in [2.24, 2.45) is 0 Å². The van der Waals surface area contributed by atoms with E-state index in [-0.39, 0.29) is 5.56 Å². The molecule has 0 aliphatic carbocycles. The average molecular weight is 198 g/mol. The number of thioether (sulfide) groups is 1. The molecule has 0 fully saturated rings. The van der Waals surface area contributed by atoms with E-state index in [1.807, 2.05) is 0 Å². The highest BCUT2D eigenvalue weighted by molar-refractivity contribution is 7.99. The van der Waals surface area contributed by atoms with E-state index in [0.29, 0.717) is 5.56 Å². The Kier molecular flexibility index (Phi) is 4.02. The van der Waals surface area contributed by atoms with E-state index in [2.05, 4.69) is 16.9 Å². The maximum absolute atomic E-state index is 11.2. The van der Waals surface area contributed by atoms with Gasteiger partial charge in [0.05, 0.1) is 0 Å². The summed E-state index contributed by atoms with van der Waals surface area (Å²) in [6.07, 6.45) is 3.94. The van der Waals surface area contributed by atoms with Crippen LogP contribution < -0.4 is 5.56 Å². The van der Waals surface area contributed by atoms with Crippen LogP contribution >= 0.6 is 11.8 Å². The number of hydrogen-bond acceptors (Lipinski definition) is 3. The molecule has 0 aliphatic heterocycles. The van der Waals surface area contributed by atoms with E-state index in [4.69, 9.17) is 0 Å². The van der Waals surface area contributed by atoms with Gasteiger partial charge in [0.1, 0.15) is 0 Å². The first kappa shape index (κ1) is 10.3. The Hall–Kier alpha value is -0.770. The van der Waals surface area contributed by atoms with Crippen molar-refractivity contribution in [3.63, 3.8) is 0 Å². The molecule has 3 nitrogen and oxygen atoms in total. The van der Waals surface area contributed by atoms with Gasteiger partial charge in [0, 0.05) is 17.5 Å². The number of unbranched alkanes of at least 4 members (excludes halogenated alkanes) is 1. The molecule has 0 saturated heterocycles. The molecular weight excluding hydrogens is 184 g/mol. The summed E-state index contributed by atoms with van der Waals surface area (Å²) in [6.45, 7) is 3.90. The molecule has 13 heavy (non-hydrogen) atoms. The van der Waals surface area contributed by atoms with Gasteiger partial charge in [0.25, 0.3) is 5.56 Å². The standard InChI is InChI=1S/C9H14N2OS/c1-3-4-5-13-9-10-6-7(2)8(12)11-9/h6H,3-5H2,1-2H3,(H,10,11,12). The third-order valence-corrected chi connectivity index (χ3v) is 2.66. The molecule has 0 atom stereocenters. The first-order valence-electron chi connectivity index (χ1n) is 4.42. The van der Waals surface area contributed by atoms with Gasteiger partial charge in [-0.25, -0.2) is 4.98 Å². The molecule has 0 bridgehead atoms. The van der Waals surface area contributed by atoms with E-state index < -0.39 is 0 Å². The van der Waals surface area contributed by atoms with E-state index in [1.54, 1.807) is 24.9 Å². The van der Waals surface area contributed by atoms with Gasteiger partial charge < -0.3 is 4.98 Å². The Labute approximate surface area is 82.0 Å². The summed E-state index contributed by atoms with van der Waals surface area (Å²) in [5, 5.41) is 0.726. The molecule has 0 amide bonds. The van der Waals surface area contributed by atoms with Crippen molar-refractivity contribution < 1.29 is 0 Å². The molecule has 0 saturated carbocycles. The summed E-state index contributed by atoms with van der Waals surface area (Å²) in [7, 11) is 0. The summed E-state index contributed by atoms with van der Waals surface area (Å²) < 4.78 is 0. The highest BCUT2D eigenvalue weighted by Gasteiger charge is 1.97. The first-order chi connectivity index (χ1) is 6.24. The fourth-order valence-electron chi connectivity index (χ4n) is 0.829. The van der Waals surface area contributed by atoms with Crippen LogP contribution in [0.2, 0.25) is 0 Å². The van der Waals surface area contributed by atoms with Crippen molar-refractivity contribution in [2.75, 3.05) is 5.75 Å². The number of rotatable bonds is 4. The Bertz CT molecular complexity index is 322. The topological polar surface area (TPSA) is 45.8 Å². The predicted octanol–water partition coefficient (Wildman–Crippen LogP) is 1.97. The lowest BCUT2D eigenvalue weighted by Gasteiger charge is -1.98. The van der Waals surface area contributed by atoms with Crippen LogP contribution in [-0.2, 0) is 0 Å². The predicted molar refractivity (Wildman–Crippen MR) is 55.2 cm³/mol. The van der Waals surface area contributed by atoms with Crippen molar-refractivity contribution >= 4 is 11.8 Å². The van der Waals surface area contributed by atoms with Crippen LogP contribution in [0.5, 0.6) is 0 Å². The molecule has 1 aromatic rings. The Morgan fingerprint density at radius 2 is 2.38 bits per heavy atom. The average Bonchev–Trinajstić information content (AvgIpc) is 2.12. The molecule has 1 aromatic heterocycles. The first-order valence-corrected chi connectivity index (χ1v) is 5.41. The van der Waals surface area contributed by atoms with Crippen LogP contribution in [0.4, 0.5) is 0 Å². The van der Waals surface area contributed by atoms with Crippen molar-refractivity contribution in [3.05, 3.63) is 22.1 Å². The van der Waals surface area contributed by atoms with Crippen LogP contribution in [0.3, 0.4) is 0 Å². The van der Waals surface area contributed by atoms with E-state index in [0.717, 1.165) is 17.3 Å². The van der Waals surface area contributed by atoms with Crippen LogP contribution in [0.1, 0.15) is 25.3 Å². The zero-order valence-corrected chi connectivity index (χ0v) is 8.78. The van der Waals surface area contributed by atoms with Crippen molar-refractivity contribution in [3.8, 4) is 0 Å². The summed E-state index contributed by atoms with van der Waals surface area (Å²) >= 11 is 1.60. The lowest BCUT2D eigenvalue weighted by Crippen LogP contribution is -2.10. The van der Waals surface area contributed by atoms with Gasteiger partial charge in [-0.2, -0.15) is 0 Å². The lowest BCUT2D eigenvalue weighted by atomic mass is 10.4. The number of H-pyrrole nitrogens is 1.